The first kappa shape index (κ1) is 20.4. The van der Waals surface area contributed by atoms with Crippen LogP contribution in [0.5, 0.6) is 0 Å². The van der Waals surface area contributed by atoms with Gasteiger partial charge in [0.25, 0.3) is 0 Å². The fraction of sp³-hybridized carbons (Fsp3) is 0.526. The van der Waals surface area contributed by atoms with Crippen LogP contribution in [0.2, 0.25) is 5.02 Å². The van der Waals surface area contributed by atoms with E-state index in [0.29, 0.717) is 10.6 Å². The molecule has 0 unspecified atom stereocenters. The molecular formula is C19H23ClFNO4. The molecule has 142 valence electrons. The summed E-state index contributed by atoms with van der Waals surface area (Å²) >= 11 is 6.12. The smallest absolute Gasteiger partial charge is 0.434 e. The van der Waals surface area contributed by atoms with Crippen LogP contribution >= 0.6 is 11.6 Å². The van der Waals surface area contributed by atoms with Crippen LogP contribution in [0.15, 0.2) is 17.1 Å². The summed E-state index contributed by atoms with van der Waals surface area (Å²) in [5.41, 5.74) is -0.312. The Morgan fingerprint density at radius 3 is 2.50 bits per heavy atom. The van der Waals surface area contributed by atoms with Crippen LogP contribution < -0.4 is 0 Å². The zero-order chi connectivity index (χ0) is 19.5. The van der Waals surface area contributed by atoms with Crippen LogP contribution in [0, 0.1) is 5.82 Å². The van der Waals surface area contributed by atoms with Crippen LogP contribution in [0.3, 0.4) is 0 Å². The minimum absolute atomic E-state index is 0.0262. The number of hydrogen-bond donors (Lipinski definition) is 0. The molecule has 0 heterocycles. The van der Waals surface area contributed by atoms with Crippen molar-refractivity contribution in [3.8, 4) is 0 Å². The number of halogens is 2. The first-order chi connectivity index (χ1) is 12.1. The molecule has 1 aliphatic carbocycles. The Balaban J connectivity index is 2.43. The highest BCUT2D eigenvalue weighted by molar-refractivity contribution is 6.31. The average Bonchev–Trinajstić information content (AvgIpc) is 3.31. The average molecular weight is 384 g/mol. The molecule has 1 aliphatic rings. The molecule has 0 atom stereocenters. The van der Waals surface area contributed by atoms with Crippen molar-refractivity contribution >= 4 is 29.4 Å². The molecule has 0 aromatic heterocycles. The second-order valence-corrected chi connectivity index (χ2v) is 7.59. The summed E-state index contributed by atoms with van der Waals surface area (Å²) in [6, 6.07) is 2.94. The van der Waals surface area contributed by atoms with Gasteiger partial charge in [0.2, 0.25) is 0 Å². The molecule has 7 heteroatoms. The van der Waals surface area contributed by atoms with Crippen LogP contribution in [0.25, 0.3) is 0 Å². The van der Waals surface area contributed by atoms with Crippen LogP contribution in [0.1, 0.15) is 64.0 Å². The van der Waals surface area contributed by atoms with Gasteiger partial charge in [-0.15, -0.1) is 0 Å². The maximum absolute atomic E-state index is 15.0. The molecule has 5 nitrogen and oxygen atoms in total. The number of esters is 1. The van der Waals surface area contributed by atoms with E-state index in [9.17, 15) is 14.0 Å². The molecule has 1 saturated carbocycles. The molecule has 0 spiro atoms. The summed E-state index contributed by atoms with van der Waals surface area (Å²) in [6.45, 7) is 6.90. The third-order valence-electron chi connectivity index (χ3n) is 3.63. The van der Waals surface area contributed by atoms with Gasteiger partial charge in [-0.25, -0.2) is 9.18 Å². The first-order valence-corrected chi connectivity index (χ1v) is 8.94. The lowest BCUT2D eigenvalue weighted by atomic mass is 10.0. The lowest BCUT2D eigenvalue weighted by molar-refractivity contribution is -0.141. The predicted octanol–water partition coefficient (Wildman–Crippen LogP) is 5.03. The molecule has 0 N–H and O–H groups in total. The Morgan fingerprint density at radius 1 is 1.31 bits per heavy atom. The zero-order valence-corrected chi connectivity index (χ0v) is 16.2. The number of aliphatic imine (C=N–C) groups is 1. The van der Waals surface area contributed by atoms with Gasteiger partial charge < -0.3 is 9.47 Å². The topological polar surface area (TPSA) is 65.0 Å². The van der Waals surface area contributed by atoms with E-state index in [4.69, 9.17) is 21.1 Å². The first-order valence-electron chi connectivity index (χ1n) is 8.56. The third kappa shape index (κ3) is 5.80. The molecule has 26 heavy (non-hydrogen) atoms. The fourth-order valence-electron chi connectivity index (χ4n) is 2.45. The third-order valence-corrected chi connectivity index (χ3v) is 3.85. The van der Waals surface area contributed by atoms with Crippen molar-refractivity contribution in [2.45, 2.75) is 58.5 Å². The Hall–Kier alpha value is -1.95. The maximum atomic E-state index is 15.0. The lowest BCUT2D eigenvalue weighted by Gasteiger charge is -2.18. The number of carbonyl (C=O) groups is 2. The Morgan fingerprint density at radius 2 is 1.96 bits per heavy atom. The van der Waals surface area contributed by atoms with Gasteiger partial charge in [-0.3, -0.25) is 4.79 Å². The van der Waals surface area contributed by atoms with E-state index >= 15 is 0 Å². The molecule has 0 bridgehead atoms. The molecule has 1 amide bonds. The Kier molecular flexibility index (Phi) is 6.39. The van der Waals surface area contributed by atoms with Gasteiger partial charge in [-0.1, -0.05) is 11.6 Å². The van der Waals surface area contributed by atoms with Crippen molar-refractivity contribution in [1.29, 1.82) is 0 Å². The van der Waals surface area contributed by atoms with E-state index < -0.39 is 23.5 Å². The second kappa shape index (κ2) is 8.16. The quantitative estimate of drug-likeness (QED) is 0.528. The summed E-state index contributed by atoms with van der Waals surface area (Å²) < 4.78 is 25.0. The number of ether oxygens (including phenoxy) is 2. The maximum Gasteiger partial charge on any atom is 0.434 e. The van der Waals surface area contributed by atoms with E-state index in [1.165, 1.54) is 6.07 Å². The van der Waals surface area contributed by atoms with Gasteiger partial charge in [0, 0.05) is 10.6 Å². The van der Waals surface area contributed by atoms with Crippen molar-refractivity contribution in [3.05, 3.63) is 34.1 Å². The monoisotopic (exact) mass is 383 g/mol. The summed E-state index contributed by atoms with van der Waals surface area (Å²) in [4.78, 5) is 27.8. The highest BCUT2D eigenvalue weighted by atomic mass is 35.5. The van der Waals surface area contributed by atoms with E-state index in [-0.39, 0.29) is 30.2 Å². The van der Waals surface area contributed by atoms with Gasteiger partial charge in [0.1, 0.15) is 11.4 Å². The number of nitrogens with zero attached hydrogens (tertiary/aromatic N) is 1. The fourth-order valence-corrected chi connectivity index (χ4v) is 2.68. The Labute approximate surface area is 157 Å². The highest BCUT2D eigenvalue weighted by Gasteiger charge is 2.30. The van der Waals surface area contributed by atoms with E-state index in [1.54, 1.807) is 33.8 Å². The summed E-state index contributed by atoms with van der Waals surface area (Å²) in [5.74, 6) is -1.01. The minimum atomic E-state index is -0.899. The minimum Gasteiger partial charge on any atom is -0.466 e. The van der Waals surface area contributed by atoms with E-state index in [1.807, 2.05) is 0 Å². The van der Waals surface area contributed by atoms with Crippen LogP contribution in [0.4, 0.5) is 9.18 Å². The van der Waals surface area contributed by atoms with Gasteiger partial charge in [0.05, 0.1) is 18.7 Å². The molecular weight excluding hydrogens is 361 g/mol. The number of carbonyl (C=O) groups excluding carboxylic acids is 2. The van der Waals surface area contributed by atoms with Gasteiger partial charge in [-0.2, -0.15) is 4.99 Å². The van der Waals surface area contributed by atoms with E-state index in [0.717, 1.165) is 12.8 Å². The van der Waals surface area contributed by atoms with Crippen LogP contribution in [-0.4, -0.2) is 30.0 Å². The molecule has 0 saturated heterocycles. The zero-order valence-electron chi connectivity index (χ0n) is 15.4. The summed E-state index contributed by atoms with van der Waals surface area (Å²) in [6.07, 6.45) is 0.512. The lowest BCUT2D eigenvalue weighted by Crippen LogP contribution is -2.23. The van der Waals surface area contributed by atoms with Gasteiger partial charge in [-0.05, 0) is 64.2 Å². The van der Waals surface area contributed by atoms with Gasteiger partial charge in [0.15, 0.2) is 0 Å². The molecule has 2 rings (SSSR count). The van der Waals surface area contributed by atoms with Crippen molar-refractivity contribution in [2.75, 3.05) is 6.61 Å². The largest absolute Gasteiger partial charge is 0.466 e. The van der Waals surface area contributed by atoms with Crippen molar-refractivity contribution in [1.82, 2.24) is 0 Å². The van der Waals surface area contributed by atoms with Crippen LogP contribution in [-0.2, 0) is 14.3 Å². The molecule has 0 aliphatic heterocycles. The summed E-state index contributed by atoms with van der Waals surface area (Å²) in [7, 11) is 0. The number of benzene rings is 1. The number of rotatable bonds is 5. The molecule has 1 aromatic rings. The standard InChI is InChI=1S/C19H23ClFNO4/c1-5-25-16(23)10-15(22-18(24)26-19(2,3)4)14-9-12(20)8-13(17(14)21)11-6-7-11/h8-9,11H,5-7,10H2,1-4H3/b22-15+. The number of hydrogen-bond acceptors (Lipinski definition) is 4. The predicted molar refractivity (Wildman–Crippen MR) is 97.4 cm³/mol. The number of amides is 1. The Bertz CT molecular complexity index is 736. The van der Waals surface area contributed by atoms with Gasteiger partial charge >= 0.3 is 12.1 Å². The molecule has 1 aromatic carbocycles. The molecule has 1 fully saturated rings. The van der Waals surface area contributed by atoms with Crippen molar-refractivity contribution < 1.29 is 23.5 Å². The highest BCUT2D eigenvalue weighted by Crippen LogP contribution is 2.43. The second-order valence-electron chi connectivity index (χ2n) is 7.15. The molecule has 0 radical (unpaired) electrons. The van der Waals surface area contributed by atoms with E-state index in [2.05, 4.69) is 4.99 Å². The normalized spacial score (nSPS) is 14.9. The SMILES string of the molecule is CCOC(=O)C/C(=N\C(=O)OC(C)(C)C)c1cc(Cl)cc(C2CC2)c1F. The summed E-state index contributed by atoms with van der Waals surface area (Å²) in [5, 5.41) is 0.323. The van der Waals surface area contributed by atoms with Crippen molar-refractivity contribution in [2.24, 2.45) is 4.99 Å². The van der Waals surface area contributed by atoms with Crippen molar-refractivity contribution in [3.63, 3.8) is 0 Å².